The molecule has 0 amide bonds. The Bertz CT molecular complexity index is 646. The monoisotopic (exact) mass is 349 g/mol. The van der Waals surface area contributed by atoms with E-state index in [-0.39, 0.29) is 11.2 Å². The summed E-state index contributed by atoms with van der Waals surface area (Å²) in [4.78, 5) is 12.0. The minimum atomic E-state index is -0.276. The van der Waals surface area contributed by atoms with E-state index >= 15 is 0 Å². The van der Waals surface area contributed by atoms with E-state index < -0.39 is 0 Å². The number of carbonyl (C=O) groups excluding carboxylic acids is 1. The molecule has 1 aromatic heterocycles. The molecule has 0 bridgehead atoms. The molecule has 0 aliphatic heterocycles. The number of rotatable bonds is 9. The van der Waals surface area contributed by atoms with Crippen molar-refractivity contribution >= 4 is 17.7 Å². The molecular weight excluding hydrogens is 326 g/mol. The maximum absolute atomic E-state index is 12.0. The zero-order chi connectivity index (χ0) is 17.4. The molecule has 130 valence electrons. The predicted molar refractivity (Wildman–Crippen MR) is 93.0 cm³/mol. The Kier molecular flexibility index (Phi) is 7.11. The van der Waals surface area contributed by atoms with E-state index in [9.17, 15) is 4.79 Å². The van der Waals surface area contributed by atoms with Gasteiger partial charge >= 0.3 is 5.97 Å². The fourth-order valence-electron chi connectivity index (χ4n) is 2.16. The van der Waals surface area contributed by atoms with Crippen molar-refractivity contribution in [1.29, 1.82) is 0 Å². The molecule has 0 N–H and O–H groups in total. The molecule has 0 fully saturated rings. The Balaban J connectivity index is 2.06. The lowest BCUT2D eigenvalue weighted by molar-refractivity contribution is -0.142. The minimum absolute atomic E-state index is 0.210. The summed E-state index contributed by atoms with van der Waals surface area (Å²) >= 11 is 1.39. The Morgan fingerprint density at radius 2 is 1.96 bits per heavy atom. The van der Waals surface area contributed by atoms with Gasteiger partial charge in [-0.3, -0.25) is 4.79 Å². The Morgan fingerprint density at radius 3 is 2.58 bits per heavy atom. The van der Waals surface area contributed by atoms with Crippen LogP contribution in [0, 0.1) is 0 Å². The molecule has 2 aromatic rings. The summed E-state index contributed by atoms with van der Waals surface area (Å²) in [6, 6.07) is 9.58. The van der Waals surface area contributed by atoms with Crippen LogP contribution in [0.1, 0.15) is 33.0 Å². The average molecular weight is 349 g/mol. The van der Waals surface area contributed by atoms with Gasteiger partial charge in [-0.1, -0.05) is 36.9 Å². The van der Waals surface area contributed by atoms with Crippen molar-refractivity contribution < 1.29 is 14.3 Å². The smallest absolute Gasteiger partial charge is 0.319 e. The highest BCUT2D eigenvalue weighted by molar-refractivity contribution is 8.00. The summed E-state index contributed by atoms with van der Waals surface area (Å²) in [6.07, 6.45) is 0.677. The molecule has 0 saturated heterocycles. The van der Waals surface area contributed by atoms with Crippen LogP contribution in [0.5, 0.6) is 5.75 Å². The highest BCUT2D eigenvalue weighted by Crippen LogP contribution is 2.26. The molecule has 0 spiro atoms. The number of nitrogens with zero attached hydrogens (tertiary/aromatic N) is 3. The normalized spacial score (nSPS) is 12.0. The van der Waals surface area contributed by atoms with Crippen LogP contribution in [0.15, 0.2) is 35.5 Å². The van der Waals surface area contributed by atoms with Crippen molar-refractivity contribution in [2.24, 2.45) is 0 Å². The number of ether oxygens (including phenoxy) is 2. The lowest BCUT2D eigenvalue weighted by Crippen LogP contribution is -2.20. The Labute approximate surface area is 146 Å². The minimum Gasteiger partial charge on any atom is -0.486 e. The highest BCUT2D eigenvalue weighted by atomic mass is 32.2. The second kappa shape index (κ2) is 9.32. The van der Waals surface area contributed by atoms with E-state index in [1.165, 1.54) is 11.8 Å². The number of carbonyl (C=O) groups is 1. The van der Waals surface area contributed by atoms with Crippen LogP contribution in [-0.4, -0.2) is 32.6 Å². The number of para-hydroxylation sites is 1. The van der Waals surface area contributed by atoms with Gasteiger partial charge in [-0.2, -0.15) is 0 Å². The Hall–Kier alpha value is -2.02. The second-order valence-electron chi connectivity index (χ2n) is 5.01. The molecule has 6 nitrogen and oxygen atoms in total. The van der Waals surface area contributed by atoms with Gasteiger partial charge in [-0.15, -0.1) is 10.2 Å². The summed E-state index contributed by atoms with van der Waals surface area (Å²) in [6.45, 7) is 7.21. The van der Waals surface area contributed by atoms with Crippen molar-refractivity contribution in [3.63, 3.8) is 0 Å². The second-order valence-corrected chi connectivity index (χ2v) is 6.18. The van der Waals surface area contributed by atoms with Crippen LogP contribution in [0.2, 0.25) is 0 Å². The summed E-state index contributed by atoms with van der Waals surface area (Å²) in [7, 11) is 0. The summed E-state index contributed by atoms with van der Waals surface area (Å²) in [5.74, 6) is 1.32. The zero-order valence-electron chi connectivity index (χ0n) is 14.3. The van der Waals surface area contributed by atoms with Crippen molar-refractivity contribution in [3.05, 3.63) is 36.2 Å². The maximum atomic E-state index is 12.0. The van der Waals surface area contributed by atoms with Gasteiger partial charge in [0.15, 0.2) is 11.0 Å². The molecule has 1 heterocycles. The average Bonchev–Trinajstić information content (AvgIpc) is 3.00. The summed E-state index contributed by atoms with van der Waals surface area (Å²) in [5.41, 5.74) is 0. The third-order valence-corrected chi connectivity index (χ3v) is 4.71. The largest absolute Gasteiger partial charge is 0.486 e. The zero-order valence-corrected chi connectivity index (χ0v) is 15.1. The van der Waals surface area contributed by atoms with Crippen molar-refractivity contribution in [1.82, 2.24) is 14.8 Å². The first-order valence-corrected chi connectivity index (χ1v) is 9.00. The number of aromatic nitrogens is 3. The SMILES string of the molecule is CCOC(=O)C(CC)Sc1nnc(COc2ccccc2)n1CC. The molecule has 0 saturated carbocycles. The van der Waals surface area contributed by atoms with Crippen molar-refractivity contribution in [3.8, 4) is 5.75 Å². The van der Waals surface area contributed by atoms with E-state index in [1.54, 1.807) is 0 Å². The first-order chi connectivity index (χ1) is 11.7. The third kappa shape index (κ3) is 4.74. The molecule has 1 unspecified atom stereocenters. The molecule has 24 heavy (non-hydrogen) atoms. The molecule has 0 aliphatic carbocycles. The summed E-state index contributed by atoms with van der Waals surface area (Å²) in [5, 5.41) is 8.86. The van der Waals surface area contributed by atoms with Crippen LogP contribution in [0.25, 0.3) is 0 Å². The fraction of sp³-hybridized carbons (Fsp3) is 0.471. The Morgan fingerprint density at radius 1 is 1.21 bits per heavy atom. The van der Waals surface area contributed by atoms with E-state index in [2.05, 4.69) is 10.2 Å². The first kappa shape index (κ1) is 18.3. The van der Waals surface area contributed by atoms with Gasteiger partial charge in [0.05, 0.1) is 6.61 Å². The summed E-state index contributed by atoms with van der Waals surface area (Å²) < 4.78 is 12.8. The highest BCUT2D eigenvalue weighted by Gasteiger charge is 2.23. The standard InChI is InChI=1S/C17H23N3O3S/c1-4-14(16(21)22-6-3)24-17-19-18-15(20(17)5-2)12-23-13-10-8-7-9-11-13/h7-11,14H,4-6,12H2,1-3H3. The van der Waals surface area contributed by atoms with Crippen LogP contribution < -0.4 is 4.74 Å². The number of hydrogen-bond acceptors (Lipinski definition) is 6. The quantitative estimate of drug-likeness (QED) is 0.511. The van der Waals surface area contributed by atoms with Gasteiger partial charge in [0.1, 0.15) is 17.6 Å². The van der Waals surface area contributed by atoms with E-state index in [1.807, 2.05) is 55.7 Å². The number of benzene rings is 1. The number of hydrogen-bond donors (Lipinski definition) is 0. The van der Waals surface area contributed by atoms with E-state index in [0.29, 0.717) is 31.3 Å². The molecule has 1 aromatic carbocycles. The van der Waals surface area contributed by atoms with Gasteiger partial charge in [0, 0.05) is 6.54 Å². The maximum Gasteiger partial charge on any atom is 0.319 e. The van der Waals surface area contributed by atoms with E-state index in [0.717, 1.165) is 11.6 Å². The molecular formula is C17H23N3O3S. The third-order valence-electron chi connectivity index (χ3n) is 3.39. The van der Waals surface area contributed by atoms with Crippen molar-refractivity contribution in [2.45, 2.75) is 50.8 Å². The van der Waals surface area contributed by atoms with Crippen LogP contribution in [0.4, 0.5) is 0 Å². The van der Waals surface area contributed by atoms with Gasteiger partial charge in [0.2, 0.25) is 0 Å². The fourth-order valence-corrected chi connectivity index (χ4v) is 3.19. The molecule has 0 aliphatic rings. The number of thioether (sulfide) groups is 1. The molecule has 0 radical (unpaired) electrons. The van der Waals surface area contributed by atoms with Crippen LogP contribution >= 0.6 is 11.8 Å². The van der Waals surface area contributed by atoms with Crippen molar-refractivity contribution in [2.75, 3.05) is 6.61 Å². The van der Waals surface area contributed by atoms with Gasteiger partial charge in [-0.05, 0) is 32.4 Å². The van der Waals surface area contributed by atoms with E-state index in [4.69, 9.17) is 9.47 Å². The van der Waals surface area contributed by atoms with Crippen LogP contribution in [-0.2, 0) is 22.7 Å². The predicted octanol–water partition coefficient (Wildman–Crippen LogP) is 3.31. The number of esters is 1. The van der Waals surface area contributed by atoms with Crippen LogP contribution in [0.3, 0.4) is 0 Å². The molecule has 1 atom stereocenters. The van der Waals surface area contributed by atoms with Gasteiger partial charge in [0.25, 0.3) is 0 Å². The first-order valence-electron chi connectivity index (χ1n) is 8.12. The lowest BCUT2D eigenvalue weighted by Gasteiger charge is -2.13. The molecule has 2 rings (SSSR count). The molecule has 7 heteroatoms. The van der Waals surface area contributed by atoms with Gasteiger partial charge < -0.3 is 14.0 Å². The topological polar surface area (TPSA) is 66.2 Å². The van der Waals surface area contributed by atoms with Gasteiger partial charge in [-0.25, -0.2) is 0 Å². The lowest BCUT2D eigenvalue weighted by atomic mass is 10.3.